The Morgan fingerprint density at radius 1 is 0.720 bits per heavy atom. The van der Waals surface area contributed by atoms with E-state index < -0.39 is 13.3 Å². The number of rotatable bonds is 5. The zero-order valence-corrected chi connectivity index (χ0v) is 14.4. The number of carbonyl (C=O) groups is 1. The van der Waals surface area contributed by atoms with Gasteiger partial charge in [0.2, 0.25) is 0 Å². The lowest BCUT2D eigenvalue weighted by Gasteiger charge is -2.18. The van der Waals surface area contributed by atoms with E-state index in [-0.39, 0.29) is 0 Å². The minimum Gasteiger partial charge on any atom is -0.401 e. The molecule has 4 heteroatoms. The van der Waals surface area contributed by atoms with Crippen LogP contribution >= 0.6 is 7.37 Å². The normalized spacial score (nSPS) is 11.4. The lowest BCUT2D eigenvalue weighted by molar-refractivity contribution is -0.128. The summed E-state index contributed by atoms with van der Waals surface area (Å²) in [5.74, 6) is -0.639. The van der Waals surface area contributed by atoms with Crippen LogP contribution in [0.4, 0.5) is 0 Å². The highest BCUT2D eigenvalue weighted by Gasteiger charge is 2.31. The van der Waals surface area contributed by atoms with E-state index in [0.29, 0.717) is 10.6 Å². The van der Waals surface area contributed by atoms with Crippen LogP contribution in [0, 0.1) is 0 Å². The lowest BCUT2D eigenvalue weighted by Crippen LogP contribution is -2.20. The van der Waals surface area contributed by atoms with Crippen molar-refractivity contribution in [2.24, 2.45) is 0 Å². The van der Waals surface area contributed by atoms with Crippen LogP contribution in [0.25, 0.3) is 6.08 Å². The Morgan fingerprint density at radius 3 is 1.64 bits per heavy atom. The van der Waals surface area contributed by atoms with Gasteiger partial charge in [-0.25, -0.2) is 4.79 Å². The fraction of sp³-hybridized carbons (Fsp3) is 0. The largest absolute Gasteiger partial charge is 0.401 e. The molecule has 0 heterocycles. The van der Waals surface area contributed by atoms with Gasteiger partial charge in [0.1, 0.15) is 0 Å². The average Bonchev–Trinajstić information content (AvgIpc) is 2.68. The number of benzene rings is 3. The Balaban J connectivity index is 1.90. The first-order valence-corrected chi connectivity index (χ1v) is 9.49. The smallest absolute Gasteiger partial charge is 0.336 e. The molecule has 25 heavy (non-hydrogen) atoms. The maximum Gasteiger partial charge on any atom is 0.336 e. The first-order valence-electron chi connectivity index (χ1n) is 7.86. The highest BCUT2D eigenvalue weighted by molar-refractivity contribution is 7.74. The van der Waals surface area contributed by atoms with Gasteiger partial charge in [-0.2, -0.15) is 0 Å². The van der Waals surface area contributed by atoms with Crippen molar-refractivity contribution in [2.75, 3.05) is 0 Å². The molecule has 0 fully saturated rings. The predicted molar refractivity (Wildman–Crippen MR) is 101 cm³/mol. The molecule has 0 saturated carbocycles. The lowest BCUT2D eigenvalue weighted by atomic mass is 10.2. The second-order valence-electron chi connectivity index (χ2n) is 5.38. The monoisotopic (exact) mass is 348 g/mol. The Hall–Kier alpha value is -2.90. The minimum atomic E-state index is -3.50. The van der Waals surface area contributed by atoms with E-state index in [1.165, 1.54) is 6.08 Å². The van der Waals surface area contributed by atoms with Crippen molar-refractivity contribution in [1.29, 1.82) is 0 Å². The summed E-state index contributed by atoms with van der Waals surface area (Å²) in [6.07, 6.45) is 2.94. The molecule has 0 aliphatic rings. The second kappa shape index (κ2) is 7.78. The molecule has 0 N–H and O–H groups in total. The van der Waals surface area contributed by atoms with Gasteiger partial charge in [-0.05, 0) is 35.9 Å². The van der Waals surface area contributed by atoms with Gasteiger partial charge in [-0.1, -0.05) is 66.7 Å². The average molecular weight is 348 g/mol. The van der Waals surface area contributed by atoms with Crippen molar-refractivity contribution in [2.45, 2.75) is 0 Å². The van der Waals surface area contributed by atoms with Gasteiger partial charge in [0.25, 0.3) is 0 Å². The SMILES string of the molecule is O=C(/C=C/c1ccccc1)OP(=O)(c1ccccc1)c1ccccc1. The van der Waals surface area contributed by atoms with Crippen LogP contribution in [0.5, 0.6) is 0 Å². The molecule has 124 valence electrons. The summed E-state index contributed by atoms with van der Waals surface area (Å²) in [5.41, 5.74) is 0.869. The molecule has 0 radical (unpaired) electrons. The van der Waals surface area contributed by atoms with Crippen molar-refractivity contribution in [1.82, 2.24) is 0 Å². The molecule has 0 aliphatic heterocycles. The fourth-order valence-electron chi connectivity index (χ4n) is 2.39. The van der Waals surface area contributed by atoms with Crippen molar-refractivity contribution >= 4 is 30.0 Å². The van der Waals surface area contributed by atoms with Crippen LogP contribution in [0.1, 0.15) is 5.56 Å². The summed E-state index contributed by atoms with van der Waals surface area (Å²) in [5, 5.41) is 0.977. The fourth-order valence-corrected chi connectivity index (χ4v) is 4.34. The van der Waals surface area contributed by atoms with Crippen LogP contribution < -0.4 is 10.6 Å². The van der Waals surface area contributed by atoms with Gasteiger partial charge in [0.15, 0.2) is 0 Å². The van der Waals surface area contributed by atoms with E-state index in [2.05, 4.69) is 0 Å². The summed E-state index contributed by atoms with van der Waals surface area (Å²) in [6, 6.07) is 27.0. The van der Waals surface area contributed by atoms with E-state index in [9.17, 15) is 9.36 Å². The van der Waals surface area contributed by atoms with E-state index in [1.807, 2.05) is 42.5 Å². The van der Waals surface area contributed by atoms with Crippen LogP contribution in [0.15, 0.2) is 97.1 Å². The van der Waals surface area contributed by atoms with E-state index in [0.717, 1.165) is 5.56 Å². The van der Waals surface area contributed by atoms with Gasteiger partial charge in [-0.3, -0.25) is 4.57 Å². The van der Waals surface area contributed by atoms with Crippen LogP contribution in [0.2, 0.25) is 0 Å². The third-order valence-corrected chi connectivity index (χ3v) is 6.02. The predicted octanol–water partition coefficient (Wildman–Crippen LogP) is 4.17. The van der Waals surface area contributed by atoms with E-state index >= 15 is 0 Å². The Kier molecular flexibility index (Phi) is 5.27. The molecule has 0 amide bonds. The first-order chi connectivity index (χ1) is 12.2. The highest BCUT2D eigenvalue weighted by atomic mass is 31.2. The minimum absolute atomic E-state index is 0.489. The third kappa shape index (κ3) is 4.14. The molecule has 0 unspecified atom stereocenters. The molecular weight excluding hydrogens is 331 g/mol. The Morgan fingerprint density at radius 2 is 1.16 bits per heavy atom. The standard InChI is InChI=1S/C21H17O3P/c22-21(17-16-18-10-4-1-5-11-18)24-25(23,19-12-6-2-7-13-19)20-14-8-3-9-15-20/h1-17H/b17-16+. The van der Waals surface area contributed by atoms with Crippen molar-refractivity contribution < 1.29 is 13.9 Å². The number of hydrogen-bond donors (Lipinski definition) is 0. The van der Waals surface area contributed by atoms with Crippen molar-refractivity contribution in [3.63, 3.8) is 0 Å². The summed E-state index contributed by atoms with van der Waals surface area (Å²) < 4.78 is 19.0. The summed E-state index contributed by atoms with van der Waals surface area (Å²) in [4.78, 5) is 12.3. The van der Waals surface area contributed by atoms with Gasteiger partial charge < -0.3 is 4.52 Å². The zero-order chi connectivity index (χ0) is 17.5. The maximum atomic E-state index is 13.6. The number of hydrogen-bond acceptors (Lipinski definition) is 3. The first kappa shape index (κ1) is 16.9. The van der Waals surface area contributed by atoms with Gasteiger partial charge >= 0.3 is 13.3 Å². The van der Waals surface area contributed by atoms with Gasteiger partial charge in [0.05, 0.1) is 10.6 Å². The van der Waals surface area contributed by atoms with Crippen molar-refractivity contribution in [3.05, 3.63) is 103 Å². The molecular formula is C21H17O3P. The van der Waals surface area contributed by atoms with E-state index in [4.69, 9.17) is 4.52 Å². The molecule has 3 aromatic rings. The molecule has 0 spiro atoms. The zero-order valence-electron chi connectivity index (χ0n) is 13.5. The maximum absolute atomic E-state index is 13.6. The quantitative estimate of drug-likeness (QED) is 0.513. The van der Waals surface area contributed by atoms with E-state index in [1.54, 1.807) is 54.6 Å². The third-order valence-electron chi connectivity index (χ3n) is 3.62. The topological polar surface area (TPSA) is 43.4 Å². The molecule has 0 saturated heterocycles. The molecule has 0 bridgehead atoms. The Bertz CT molecular complexity index is 860. The highest BCUT2D eigenvalue weighted by Crippen LogP contribution is 2.44. The molecule has 0 atom stereocenters. The summed E-state index contributed by atoms with van der Waals surface area (Å²) in [6.45, 7) is 0. The molecule has 0 aliphatic carbocycles. The summed E-state index contributed by atoms with van der Waals surface area (Å²) >= 11 is 0. The molecule has 0 aromatic heterocycles. The van der Waals surface area contributed by atoms with Crippen molar-refractivity contribution in [3.8, 4) is 0 Å². The van der Waals surface area contributed by atoms with Crippen LogP contribution in [-0.2, 0) is 13.9 Å². The number of carbonyl (C=O) groups excluding carboxylic acids is 1. The molecule has 3 aromatic carbocycles. The summed E-state index contributed by atoms with van der Waals surface area (Å²) in [7, 11) is -3.50. The van der Waals surface area contributed by atoms with Crippen LogP contribution in [-0.4, -0.2) is 5.97 Å². The van der Waals surface area contributed by atoms with Gasteiger partial charge in [0, 0.05) is 6.08 Å². The molecule has 3 nitrogen and oxygen atoms in total. The van der Waals surface area contributed by atoms with Gasteiger partial charge in [-0.15, -0.1) is 0 Å². The Labute approximate surface area is 147 Å². The van der Waals surface area contributed by atoms with Crippen LogP contribution in [0.3, 0.4) is 0 Å². The molecule has 3 rings (SSSR count). The second-order valence-corrected chi connectivity index (χ2v) is 7.70.